The Bertz CT molecular complexity index is 304. The summed E-state index contributed by atoms with van der Waals surface area (Å²) in [6.45, 7) is 8.41. The zero-order valence-electron chi connectivity index (χ0n) is 14.3. The summed E-state index contributed by atoms with van der Waals surface area (Å²) in [6, 6.07) is 0. The molecule has 0 saturated carbocycles. The van der Waals surface area contributed by atoms with E-state index < -0.39 is 0 Å². The van der Waals surface area contributed by atoms with Gasteiger partial charge in [-0.2, -0.15) is 0 Å². The summed E-state index contributed by atoms with van der Waals surface area (Å²) in [5.74, 6) is -0.423. The summed E-state index contributed by atoms with van der Waals surface area (Å²) < 4.78 is 0. The molecule has 124 valence electrons. The topological polar surface area (TPSA) is 86.2 Å². The number of hydrogen-bond donors (Lipinski definition) is 2. The van der Waals surface area contributed by atoms with Gasteiger partial charge in [-0.15, -0.1) is 0 Å². The largest absolute Gasteiger partial charge is 0.370 e. The monoisotopic (exact) mass is 298 g/mol. The average Bonchev–Trinajstić information content (AvgIpc) is 2.23. The van der Waals surface area contributed by atoms with Gasteiger partial charge in [0.2, 0.25) is 11.8 Å². The zero-order chi connectivity index (χ0) is 16.5. The van der Waals surface area contributed by atoms with Crippen molar-refractivity contribution in [2.45, 2.75) is 85.5 Å². The molecule has 0 spiro atoms. The first kappa shape index (κ1) is 19.9. The molecule has 0 aromatic carbocycles. The highest BCUT2D eigenvalue weighted by Gasteiger charge is 2.21. The molecule has 0 unspecified atom stereocenters. The molecular weight excluding hydrogens is 264 g/mol. The minimum absolute atomic E-state index is 0.0231. The normalized spacial score (nSPS) is 12.4. The molecule has 0 aromatic rings. The number of hydrogen-bond acceptors (Lipinski definition) is 2. The van der Waals surface area contributed by atoms with Crippen molar-refractivity contribution >= 4 is 11.8 Å². The molecule has 4 heteroatoms. The van der Waals surface area contributed by atoms with Crippen molar-refractivity contribution in [2.24, 2.45) is 22.3 Å². The Morgan fingerprint density at radius 1 is 0.667 bits per heavy atom. The van der Waals surface area contributed by atoms with Crippen LogP contribution in [0.2, 0.25) is 0 Å². The van der Waals surface area contributed by atoms with Crippen LogP contribution in [-0.2, 0) is 9.59 Å². The molecular formula is C17H34N2O2. The molecule has 0 aliphatic rings. The number of carbonyl (C=O) groups excluding carboxylic acids is 2. The van der Waals surface area contributed by atoms with Gasteiger partial charge in [0.25, 0.3) is 0 Å². The maximum Gasteiger partial charge on any atom is 0.217 e. The number of amides is 2. The van der Waals surface area contributed by atoms with Gasteiger partial charge < -0.3 is 11.5 Å². The second-order valence-electron chi connectivity index (χ2n) is 7.88. The minimum Gasteiger partial charge on any atom is -0.370 e. The van der Waals surface area contributed by atoms with Crippen molar-refractivity contribution < 1.29 is 9.59 Å². The lowest BCUT2D eigenvalue weighted by Crippen LogP contribution is -2.22. The van der Waals surface area contributed by atoms with Crippen molar-refractivity contribution in [2.75, 3.05) is 0 Å². The fourth-order valence-electron chi connectivity index (χ4n) is 2.86. The van der Waals surface area contributed by atoms with E-state index in [4.69, 9.17) is 11.5 Å². The van der Waals surface area contributed by atoms with Crippen LogP contribution in [0.1, 0.15) is 85.5 Å². The van der Waals surface area contributed by atoms with E-state index in [-0.39, 0.29) is 22.6 Å². The second-order valence-corrected chi connectivity index (χ2v) is 7.88. The smallest absolute Gasteiger partial charge is 0.217 e. The summed E-state index contributed by atoms with van der Waals surface area (Å²) >= 11 is 0. The van der Waals surface area contributed by atoms with Crippen LogP contribution >= 0.6 is 0 Å². The Kier molecular flexibility index (Phi) is 8.60. The van der Waals surface area contributed by atoms with Gasteiger partial charge in [-0.3, -0.25) is 9.59 Å². The highest BCUT2D eigenvalue weighted by molar-refractivity contribution is 5.74. The van der Waals surface area contributed by atoms with Crippen LogP contribution in [0.4, 0.5) is 0 Å². The Morgan fingerprint density at radius 3 is 1.24 bits per heavy atom. The highest BCUT2D eigenvalue weighted by Crippen LogP contribution is 2.29. The van der Waals surface area contributed by atoms with Gasteiger partial charge in [0.05, 0.1) is 0 Å². The zero-order valence-corrected chi connectivity index (χ0v) is 14.3. The number of carbonyl (C=O) groups is 2. The Morgan fingerprint density at radius 2 is 0.952 bits per heavy atom. The summed E-state index contributed by atoms with van der Waals surface area (Å²) in [7, 11) is 0. The van der Waals surface area contributed by atoms with E-state index in [0.29, 0.717) is 12.8 Å². The SMILES string of the molecule is CC(C)(CCCCCCCC(C)(C)CC(N)=O)CC(N)=O. The van der Waals surface area contributed by atoms with Crippen LogP contribution in [-0.4, -0.2) is 11.8 Å². The molecule has 0 radical (unpaired) electrons. The third kappa shape index (κ3) is 12.4. The maximum absolute atomic E-state index is 10.9. The van der Waals surface area contributed by atoms with Crippen LogP contribution in [0.3, 0.4) is 0 Å². The van der Waals surface area contributed by atoms with Crippen molar-refractivity contribution in [3.8, 4) is 0 Å². The van der Waals surface area contributed by atoms with Crippen LogP contribution in [0.5, 0.6) is 0 Å². The van der Waals surface area contributed by atoms with Gasteiger partial charge in [0.15, 0.2) is 0 Å². The number of rotatable bonds is 12. The third-order valence-electron chi connectivity index (χ3n) is 4.01. The number of primary amides is 2. The molecule has 0 atom stereocenters. The van der Waals surface area contributed by atoms with E-state index in [1.54, 1.807) is 0 Å². The molecule has 4 N–H and O–H groups in total. The van der Waals surface area contributed by atoms with E-state index >= 15 is 0 Å². The molecule has 0 aromatic heterocycles. The maximum atomic E-state index is 10.9. The lowest BCUT2D eigenvalue weighted by molar-refractivity contribution is -0.120. The first-order valence-electron chi connectivity index (χ1n) is 8.11. The summed E-state index contributed by atoms with van der Waals surface area (Å²) in [6.07, 6.45) is 8.90. The van der Waals surface area contributed by atoms with Gasteiger partial charge in [-0.1, -0.05) is 59.8 Å². The molecule has 4 nitrogen and oxygen atoms in total. The van der Waals surface area contributed by atoms with Crippen LogP contribution in [0.15, 0.2) is 0 Å². The Labute approximate surface area is 130 Å². The fourth-order valence-corrected chi connectivity index (χ4v) is 2.86. The Balaban J connectivity index is 3.65. The van der Waals surface area contributed by atoms with Gasteiger partial charge in [-0.05, 0) is 23.7 Å². The van der Waals surface area contributed by atoms with Crippen molar-refractivity contribution in [1.29, 1.82) is 0 Å². The highest BCUT2D eigenvalue weighted by atomic mass is 16.1. The summed E-state index contributed by atoms with van der Waals surface area (Å²) in [4.78, 5) is 21.9. The molecule has 0 aliphatic heterocycles. The molecule has 0 saturated heterocycles. The van der Waals surface area contributed by atoms with Gasteiger partial charge in [0.1, 0.15) is 0 Å². The van der Waals surface area contributed by atoms with Crippen molar-refractivity contribution in [3.63, 3.8) is 0 Å². The predicted molar refractivity (Wildman–Crippen MR) is 87.5 cm³/mol. The fraction of sp³-hybridized carbons (Fsp3) is 0.882. The summed E-state index contributed by atoms with van der Waals surface area (Å²) in [5, 5.41) is 0. The molecule has 21 heavy (non-hydrogen) atoms. The molecule has 0 fully saturated rings. The van der Waals surface area contributed by atoms with Crippen molar-refractivity contribution in [1.82, 2.24) is 0 Å². The lowest BCUT2D eigenvalue weighted by atomic mass is 9.82. The molecule has 0 bridgehead atoms. The van der Waals surface area contributed by atoms with Gasteiger partial charge in [-0.25, -0.2) is 0 Å². The molecule has 0 heterocycles. The van der Waals surface area contributed by atoms with Crippen LogP contribution in [0, 0.1) is 10.8 Å². The van der Waals surface area contributed by atoms with E-state index in [2.05, 4.69) is 27.7 Å². The van der Waals surface area contributed by atoms with Gasteiger partial charge >= 0.3 is 0 Å². The van der Waals surface area contributed by atoms with Gasteiger partial charge in [0, 0.05) is 12.8 Å². The first-order chi connectivity index (χ1) is 9.54. The van der Waals surface area contributed by atoms with Crippen LogP contribution < -0.4 is 11.5 Å². The third-order valence-corrected chi connectivity index (χ3v) is 4.01. The van der Waals surface area contributed by atoms with E-state index in [1.165, 1.54) is 19.3 Å². The predicted octanol–water partition coefficient (Wildman–Crippen LogP) is 3.52. The summed E-state index contributed by atoms with van der Waals surface area (Å²) in [5.41, 5.74) is 10.5. The molecule has 0 aliphatic carbocycles. The van der Waals surface area contributed by atoms with Crippen molar-refractivity contribution in [3.05, 3.63) is 0 Å². The van der Waals surface area contributed by atoms with E-state index in [1.807, 2.05) is 0 Å². The quantitative estimate of drug-likeness (QED) is 0.540. The van der Waals surface area contributed by atoms with E-state index in [0.717, 1.165) is 25.7 Å². The average molecular weight is 298 g/mol. The minimum atomic E-state index is -0.211. The lowest BCUT2D eigenvalue weighted by Gasteiger charge is -2.23. The molecule has 0 rings (SSSR count). The van der Waals surface area contributed by atoms with E-state index in [9.17, 15) is 9.59 Å². The Hall–Kier alpha value is -1.06. The number of unbranched alkanes of at least 4 members (excludes halogenated alkanes) is 4. The second kappa shape index (κ2) is 9.06. The number of nitrogens with two attached hydrogens (primary N) is 2. The molecule has 2 amide bonds. The van der Waals surface area contributed by atoms with Crippen LogP contribution in [0.25, 0.3) is 0 Å². The first-order valence-corrected chi connectivity index (χ1v) is 8.11. The standard InChI is InChI=1S/C17H34N2O2/c1-16(2,12-14(18)20)10-8-6-5-7-9-11-17(3,4)13-15(19)21/h5-13H2,1-4H3,(H2,18,20)(H2,19,21).